The first-order chi connectivity index (χ1) is 9.20. The average molecular weight is 280 g/mol. The Morgan fingerprint density at radius 2 is 2.26 bits per heavy atom. The number of aromatic nitrogens is 2. The quantitative estimate of drug-likeness (QED) is 0.893. The minimum absolute atomic E-state index is 0.207. The summed E-state index contributed by atoms with van der Waals surface area (Å²) in [6.07, 6.45) is 3.86. The molecular formula is C13H20N4OS. The Hall–Kier alpha value is -1.11. The fourth-order valence-corrected chi connectivity index (χ4v) is 3.59. The molecule has 5 nitrogen and oxygen atoms in total. The molecular weight excluding hydrogens is 260 g/mol. The first kappa shape index (κ1) is 12.9. The van der Waals surface area contributed by atoms with E-state index in [9.17, 15) is 5.11 Å². The summed E-state index contributed by atoms with van der Waals surface area (Å²) in [4.78, 5) is 8.02. The third-order valence-corrected chi connectivity index (χ3v) is 4.81. The van der Waals surface area contributed by atoms with E-state index in [0.717, 1.165) is 42.4 Å². The zero-order valence-corrected chi connectivity index (χ0v) is 11.9. The number of nitrogens with two attached hydrogens (primary N) is 1. The summed E-state index contributed by atoms with van der Waals surface area (Å²) in [6.45, 7) is 4.29. The molecule has 3 heterocycles. The van der Waals surface area contributed by atoms with E-state index in [1.165, 1.54) is 0 Å². The molecule has 1 fully saturated rings. The van der Waals surface area contributed by atoms with E-state index >= 15 is 0 Å². The highest BCUT2D eigenvalue weighted by atomic mass is 32.1. The molecule has 1 saturated heterocycles. The molecule has 0 spiro atoms. The Morgan fingerprint density at radius 3 is 2.89 bits per heavy atom. The van der Waals surface area contributed by atoms with Crippen molar-refractivity contribution in [3.8, 4) is 0 Å². The highest BCUT2D eigenvalue weighted by Crippen LogP contribution is 2.29. The highest BCUT2D eigenvalue weighted by Gasteiger charge is 2.26. The monoisotopic (exact) mass is 280 g/mol. The van der Waals surface area contributed by atoms with Gasteiger partial charge in [-0.2, -0.15) is 0 Å². The second-order valence-electron chi connectivity index (χ2n) is 5.21. The van der Waals surface area contributed by atoms with Gasteiger partial charge in [-0.05, 0) is 25.7 Å². The molecule has 0 aromatic carbocycles. The lowest BCUT2D eigenvalue weighted by Crippen LogP contribution is -2.37. The maximum Gasteiger partial charge on any atom is 0.195 e. The molecule has 3 rings (SSSR count). The van der Waals surface area contributed by atoms with Crippen molar-refractivity contribution in [3.05, 3.63) is 17.3 Å². The molecule has 1 unspecified atom stereocenters. The zero-order chi connectivity index (χ0) is 13.4. The van der Waals surface area contributed by atoms with E-state index in [2.05, 4.69) is 9.30 Å². The van der Waals surface area contributed by atoms with E-state index in [0.29, 0.717) is 12.5 Å². The molecule has 1 atom stereocenters. The topological polar surface area (TPSA) is 66.8 Å². The van der Waals surface area contributed by atoms with Crippen LogP contribution in [0.2, 0.25) is 0 Å². The fraction of sp³-hybridized carbons (Fsp3) is 0.615. The van der Waals surface area contributed by atoms with Gasteiger partial charge in [0, 0.05) is 31.2 Å². The van der Waals surface area contributed by atoms with Crippen molar-refractivity contribution >= 4 is 22.1 Å². The van der Waals surface area contributed by atoms with E-state index in [4.69, 9.17) is 10.7 Å². The van der Waals surface area contributed by atoms with Gasteiger partial charge >= 0.3 is 0 Å². The first-order valence-electron chi connectivity index (χ1n) is 6.78. The normalized spacial score (nSPS) is 19.2. The van der Waals surface area contributed by atoms with Gasteiger partial charge in [0.15, 0.2) is 10.8 Å². The van der Waals surface area contributed by atoms with Gasteiger partial charge in [0.2, 0.25) is 0 Å². The van der Waals surface area contributed by atoms with E-state index in [1.54, 1.807) is 11.3 Å². The van der Waals surface area contributed by atoms with Crippen LogP contribution >= 0.6 is 11.3 Å². The molecule has 0 saturated carbocycles. The minimum atomic E-state index is -0.207. The van der Waals surface area contributed by atoms with Gasteiger partial charge in [0.1, 0.15) is 0 Å². The van der Waals surface area contributed by atoms with Crippen LogP contribution < -0.4 is 10.6 Å². The van der Waals surface area contributed by atoms with Crippen LogP contribution in [0.5, 0.6) is 0 Å². The number of aliphatic hydroxyl groups is 1. The Balaban J connectivity index is 1.83. The number of thiazole rings is 1. The van der Waals surface area contributed by atoms with Crippen molar-refractivity contribution < 1.29 is 5.11 Å². The number of aliphatic hydroxyl groups excluding tert-OH is 1. The van der Waals surface area contributed by atoms with Crippen LogP contribution in [0.3, 0.4) is 0 Å². The van der Waals surface area contributed by atoms with Gasteiger partial charge < -0.3 is 15.7 Å². The van der Waals surface area contributed by atoms with Crippen molar-refractivity contribution in [2.45, 2.75) is 32.4 Å². The number of hydrogen-bond donors (Lipinski definition) is 2. The lowest BCUT2D eigenvalue weighted by Gasteiger charge is -2.33. The van der Waals surface area contributed by atoms with Gasteiger partial charge in [-0.25, -0.2) is 4.98 Å². The van der Waals surface area contributed by atoms with Crippen LogP contribution in [-0.2, 0) is 6.54 Å². The number of nitrogens with zero attached hydrogens (tertiary/aromatic N) is 3. The standard InChI is InChI=1S/C13H20N4OS/c1-9(18)10-2-4-16(5-3-10)12-11(8-14)17-6-7-19-13(17)15-12/h6-7,9-10,18H,2-5,8,14H2,1H3. The van der Waals surface area contributed by atoms with Gasteiger partial charge in [0.25, 0.3) is 0 Å². The molecule has 2 aromatic heterocycles. The first-order valence-corrected chi connectivity index (χ1v) is 7.66. The Morgan fingerprint density at radius 1 is 1.53 bits per heavy atom. The third-order valence-electron chi connectivity index (χ3n) is 4.05. The van der Waals surface area contributed by atoms with Crippen LogP contribution in [0.15, 0.2) is 11.6 Å². The number of piperidine rings is 1. The van der Waals surface area contributed by atoms with E-state index < -0.39 is 0 Å². The third kappa shape index (κ3) is 2.24. The van der Waals surface area contributed by atoms with Crippen molar-refractivity contribution in [2.75, 3.05) is 18.0 Å². The summed E-state index contributed by atoms with van der Waals surface area (Å²) < 4.78 is 2.08. The zero-order valence-electron chi connectivity index (χ0n) is 11.1. The van der Waals surface area contributed by atoms with Crippen LogP contribution in [0.4, 0.5) is 5.82 Å². The maximum atomic E-state index is 9.66. The largest absolute Gasteiger partial charge is 0.393 e. The second-order valence-corrected chi connectivity index (χ2v) is 6.08. The van der Waals surface area contributed by atoms with Crippen LogP contribution in [0.1, 0.15) is 25.5 Å². The summed E-state index contributed by atoms with van der Waals surface area (Å²) in [5.74, 6) is 1.44. The predicted molar refractivity (Wildman–Crippen MR) is 77.6 cm³/mol. The molecule has 0 radical (unpaired) electrons. The molecule has 0 amide bonds. The van der Waals surface area contributed by atoms with Crippen molar-refractivity contribution in [1.82, 2.24) is 9.38 Å². The number of anilines is 1. The fourth-order valence-electron chi connectivity index (χ4n) is 2.86. The lowest BCUT2D eigenvalue weighted by atomic mass is 9.92. The summed E-state index contributed by atoms with van der Waals surface area (Å²) >= 11 is 1.64. The van der Waals surface area contributed by atoms with Crippen LogP contribution in [0.25, 0.3) is 4.96 Å². The average Bonchev–Trinajstić information content (AvgIpc) is 2.98. The molecule has 19 heavy (non-hydrogen) atoms. The SMILES string of the molecule is CC(O)C1CCN(c2nc3sccn3c2CN)CC1. The summed E-state index contributed by atoms with van der Waals surface area (Å²) in [5.41, 5.74) is 6.97. The summed E-state index contributed by atoms with van der Waals surface area (Å²) in [6, 6.07) is 0. The second kappa shape index (κ2) is 5.11. The molecule has 1 aliphatic rings. The van der Waals surface area contributed by atoms with Gasteiger partial charge in [-0.1, -0.05) is 0 Å². The Bertz CT molecular complexity index is 554. The number of hydrogen-bond acceptors (Lipinski definition) is 5. The predicted octanol–water partition coefficient (Wildman–Crippen LogP) is 1.45. The molecule has 2 aromatic rings. The summed E-state index contributed by atoms with van der Waals surface area (Å²) in [7, 11) is 0. The number of imidazole rings is 1. The van der Waals surface area contributed by atoms with Gasteiger partial charge in [-0.3, -0.25) is 4.40 Å². The Kier molecular flexibility index (Phi) is 3.47. The van der Waals surface area contributed by atoms with Gasteiger partial charge in [0.05, 0.1) is 11.8 Å². The van der Waals surface area contributed by atoms with Crippen molar-refractivity contribution in [2.24, 2.45) is 11.7 Å². The van der Waals surface area contributed by atoms with Crippen molar-refractivity contribution in [3.63, 3.8) is 0 Å². The van der Waals surface area contributed by atoms with Gasteiger partial charge in [-0.15, -0.1) is 11.3 Å². The minimum Gasteiger partial charge on any atom is -0.393 e. The molecule has 0 aliphatic carbocycles. The molecule has 1 aliphatic heterocycles. The maximum absolute atomic E-state index is 9.66. The van der Waals surface area contributed by atoms with Crippen molar-refractivity contribution in [1.29, 1.82) is 0 Å². The van der Waals surface area contributed by atoms with E-state index in [1.807, 2.05) is 18.5 Å². The molecule has 3 N–H and O–H groups in total. The lowest BCUT2D eigenvalue weighted by molar-refractivity contribution is 0.110. The van der Waals surface area contributed by atoms with E-state index in [-0.39, 0.29) is 6.10 Å². The smallest absolute Gasteiger partial charge is 0.195 e. The molecule has 6 heteroatoms. The Labute approximate surface area is 116 Å². The number of fused-ring (bicyclic) bond motifs is 1. The highest BCUT2D eigenvalue weighted by molar-refractivity contribution is 7.15. The molecule has 104 valence electrons. The van der Waals surface area contributed by atoms with Crippen LogP contribution in [0, 0.1) is 5.92 Å². The molecule has 0 bridgehead atoms. The summed E-state index contributed by atoms with van der Waals surface area (Å²) in [5, 5.41) is 11.7. The number of rotatable bonds is 3. The van der Waals surface area contributed by atoms with Crippen LogP contribution in [-0.4, -0.2) is 33.7 Å².